The monoisotopic (exact) mass is 328 g/mol. The SMILES string of the molecule is COCCCNC1(c2cc(C)cc(C)c2)N=C2C(N)=NC=CN2N1. The quantitative estimate of drug-likeness (QED) is 0.681. The molecule has 1 aromatic carbocycles. The first-order valence-corrected chi connectivity index (χ1v) is 8.04. The number of benzene rings is 1. The second kappa shape index (κ2) is 6.72. The number of hydrogen-bond donors (Lipinski definition) is 3. The summed E-state index contributed by atoms with van der Waals surface area (Å²) in [4.78, 5) is 8.98. The van der Waals surface area contributed by atoms with Crippen molar-refractivity contribution in [3.05, 3.63) is 47.3 Å². The Balaban J connectivity index is 1.96. The molecule has 4 N–H and O–H groups in total. The van der Waals surface area contributed by atoms with E-state index in [1.54, 1.807) is 13.3 Å². The second-order valence-corrected chi connectivity index (χ2v) is 6.09. The van der Waals surface area contributed by atoms with Crippen LogP contribution in [0.2, 0.25) is 0 Å². The number of rotatable bonds is 6. The van der Waals surface area contributed by atoms with Gasteiger partial charge >= 0.3 is 0 Å². The van der Waals surface area contributed by atoms with Gasteiger partial charge in [0.15, 0.2) is 11.7 Å². The molecule has 7 heteroatoms. The summed E-state index contributed by atoms with van der Waals surface area (Å²) in [7, 11) is 1.70. The number of fused-ring (bicyclic) bond motifs is 1. The van der Waals surface area contributed by atoms with Gasteiger partial charge in [-0.25, -0.2) is 9.98 Å². The maximum absolute atomic E-state index is 5.99. The molecule has 24 heavy (non-hydrogen) atoms. The lowest BCUT2D eigenvalue weighted by Crippen LogP contribution is -2.54. The fraction of sp³-hybridized carbons (Fsp3) is 0.412. The van der Waals surface area contributed by atoms with Gasteiger partial charge in [0.05, 0.1) is 0 Å². The largest absolute Gasteiger partial charge is 0.385 e. The Labute approximate surface area is 142 Å². The molecule has 3 rings (SSSR count). The normalized spacial score (nSPS) is 22.4. The van der Waals surface area contributed by atoms with Crippen molar-refractivity contribution in [2.45, 2.75) is 26.1 Å². The average Bonchev–Trinajstić information content (AvgIpc) is 2.92. The number of nitrogens with one attached hydrogen (secondary N) is 2. The summed E-state index contributed by atoms with van der Waals surface area (Å²) in [6, 6.07) is 6.40. The third-order valence-electron chi connectivity index (χ3n) is 3.99. The predicted octanol–water partition coefficient (Wildman–Crippen LogP) is 1.10. The molecule has 0 bridgehead atoms. The summed E-state index contributed by atoms with van der Waals surface area (Å²) in [5, 5.41) is 5.32. The van der Waals surface area contributed by atoms with Crippen molar-refractivity contribution in [3.8, 4) is 0 Å². The fourth-order valence-corrected chi connectivity index (χ4v) is 2.97. The van der Waals surface area contributed by atoms with Crippen LogP contribution in [0.3, 0.4) is 0 Å². The highest BCUT2D eigenvalue weighted by atomic mass is 16.5. The Bertz CT molecular complexity index is 691. The Morgan fingerprint density at radius 1 is 1.29 bits per heavy atom. The zero-order chi connectivity index (χ0) is 17.2. The van der Waals surface area contributed by atoms with E-state index in [4.69, 9.17) is 15.5 Å². The maximum Gasteiger partial charge on any atom is 0.210 e. The van der Waals surface area contributed by atoms with E-state index in [-0.39, 0.29) is 0 Å². The Morgan fingerprint density at radius 2 is 2.04 bits per heavy atom. The van der Waals surface area contributed by atoms with Crippen LogP contribution in [0.15, 0.2) is 40.6 Å². The lowest BCUT2D eigenvalue weighted by atomic mass is 10.0. The zero-order valence-corrected chi connectivity index (χ0v) is 14.3. The fourth-order valence-electron chi connectivity index (χ4n) is 2.97. The van der Waals surface area contributed by atoms with Gasteiger partial charge in [-0.2, -0.15) is 5.43 Å². The molecule has 7 nitrogen and oxygen atoms in total. The van der Waals surface area contributed by atoms with Gasteiger partial charge in [-0.3, -0.25) is 10.3 Å². The molecule has 0 saturated heterocycles. The molecule has 2 heterocycles. The second-order valence-electron chi connectivity index (χ2n) is 6.09. The van der Waals surface area contributed by atoms with Crippen LogP contribution in [0.4, 0.5) is 0 Å². The molecule has 1 aromatic rings. The van der Waals surface area contributed by atoms with E-state index in [2.05, 4.69) is 47.8 Å². The summed E-state index contributed by atoms with van der Waals surface area (Å²) >= 11 is 0. The van der Waals surface area contributed by atoms with Crippen LogP contribution in [-0.2, 0) is 10.5 Å². The molecule has 2 aliphatic heterocycles. The number of aryl methyl sites for hydroxylation is 2. The summed E-state index contributed by atoms with van der Waals surface area (Å²) < 4.78 is 5.14. The number of nitrogens with two attached hydrogens (primary N) is 1. The van der Waals surface area contributed by atoms with E-state index >= 15 is 0 Å². The molecular formula is C17H24N6O. The van der Waals surface area contributed by atoms with Crippen molar-refractivity contribution in [3.63, 3.8) is 0 Å². The zero-order valence-electron chi connectivity index (χ0n) is 14.3. The highest BCUT2D eigenvalue weighted by molar-refractivity contribution is 6.40. The van der Waals surface area contributed by atoms with Crippen molar-refractivity contribution in [2.75, 3.05) is 20.3 Å². The molecular weight excluding hydrogens is 304 g/mol. The molecule has 0 aromatic heterocycles. The van der Waals surface area contributed by atoms with Crippen molar-refractivity contribution in [1.29, 1.82) is 0 Å². The first-order chi connectivity index (χ1) is 11.5. The Hall–Kier alpha value is -2.22. The third-order valence-corrected chi connectivity index (χ3v) is 3.99. The minimum atomic E-state index is -0.769. The van der Waals surface area contributed by atoms with Crippen molar-refractivity contribution >= 4 is 11.7 Å². The van der Waals surface area contributed by atoms with Crippen LogP contribution in [0, 0.1) is 13.8 Å². The maximum atomic E-state index is 5.99. The molecule has 0 radical (unpaired) electrons. The predicted molar refractivity (Wildman–Crippen MR) is 95.3 cm³/mol. The van der Waals surface area contributed by atoms with Crippen molar-refractivity contribution in [2.24, 2.45) is 15.7 Å². The van der Waals surface area contributed by atoms with E-state index < -0.39 is 5.79 Å². The minimum Gasteiger partial charge on any atom is -0.385 e. The third kappa shape index (κ3) is 3.19. The number of amidine groups is 2. The van der Waals surface area contributed by atoms with Crippen LogP contribution >= 0.6 is 0 Å². The number of methoxy groups -OCH3 is 1. The average molecular weight is 328 g/mol. The molecule has 0 aliphatic carbocycles. The van der Waals surface area contributed by atoms with Gasteiger partial charge in [-0.05, 0) is 20.3 Å². The number of hydrogen-bond acceptors (Lipinski definition) is 7. The smallest absolute Gasteiger partial charge is 0.210 e. The molecule has 1 unspecified atom stereocenters. The first kappa shape index (κ1) is 16.6. The van der Waals surface area contributed by atoms with Crippen molar-refractivity contribution in [1.82, 2.24) is 15.8 Å². The summed E-state index contributed by atoms with van der Waals surface area (Å²) in [5.74, 6) is 0.250. The number of hydrazine groups is 1. The highest BCUT2D eigenvalue weighted by Crippen LogP contribution is 2.28. The van der Waals surface area contributed by atoms with Crippen LogP contribution in [0.25, 0.3) is 0 Å². The van der Waals surface area contributed by atoms with Gasteiger partial charge in [-0.1, -0.05) is 29.3 Å². The summed E-state index contributed by atoms with van der Waals surface area (Å²) in [5.41, 5.74) is 12.8. The van der Waals surface area contributed by atoms with Gasteiger partial charge in [0, 0.05) is 38.2 Å². The summed E-state index contributed by atoms with van der Waals surface area (Å²) in [6.07, 6.45) is 4.36. The first-order valence-electron chi connectivity index (χ1n) is 8.04. The number of nitrogens with zero attached hydrogens (tertiary/aromatic N) is 3. The van der Waals surface area contributed by atoms with E-state index in [1.165, 1.54) is 11.1 Å². The van der Waals surface area contributed by atoms with Crippen LogP contribution in [-0.4, -0.2) is 36.9 Å². The van der Waals surface area contributed by atoms with E-state index in [0.717, 1.165) is 18.5 Å². The topological polar surface area (TPSA) is 87.3 Å². The number of aliphatic imine (C=N–C) groups is 2. The molecule has 1 atom stereocenters. The highest BCUT2D eigenvalue weighted by Gasteiger charge is 2.41. The Morgan fingerprint density at radius 3 is 2.71 bits per heavy atom. The molecule has 2 aliphatic rings. The molecule has 0 spiro atoms. The van der Waals surface area contributed by atoms with Crippen LogP contribution < -0.4 is 16.5 Å². The molecule has 0 fully saturated rings. The van der Waals surface area contributed by atoms with Gasteiger partial charge in [-0.15, -0.1) is 0 Å². The van der Waals surface area contributed by atoms with E-state index in [9.17, 15) is 0 Å². The molecule has 0 amide bonds. The van der Waals surface area contributed by atoms with Crippen molar-refractivity contribution < 1.29 is 4.74 Å². The molecule has 128 valence electrons. The van der Waals surface area contributed by atoms with E-state index in [1.807, 2.05) is 11.2 Å². The lowest BCUT2D eigenvalue weighted by Gasteiger charge is -2.30. The van der Waals surface area contributed by atoms with Gasteiger partial charge in [0.1, 0.15) is 0 Å². The Kier molecular flexibility index (Phi) is 4.66. The van der Waals surface area contributed by atoms with Crippen LogP contribution in [0.5, 0.6) is 0 Å². The lowest BCUT2D eigenvalue weighted by molar-refractivity contribution is 0.175. The standard InChI is InChI=1S/C17H24N6O/c1-12-9-13(2)11-14(10-12)17(20-5-4-8-24-3)21-16-15(18)19-6-7-23(16)22-17/h6-7,9-11,20,22H,4-5,8H2,1-3H3,(H2,18,19). The van der Waals surface area contributed by atoms with Gasteiger partial charge in [0.25, 0.3) is 0 Å². The van der Waals surface area contributed by atoms with Gasteiger partial charge in [0.2, 0.25) is 5.79 Å². The summed E-state index contributed by atoms with van der Waals surface area (Å²) in [6.45, 7) is 5.61. The number of ether oxygens (including phenoxy) is 1. The van der Waals surface area contributed by atoms with E-state index in [0.29, 0.717) is 18.3 Å². The molecule has 0 saturated carbocycles. The van der Waals surface area contributed by atoms with Crippen LogP contribution in [0.1, 0.15) is 23.1 Å². The minimum absolute atomic E-state index is 0.398. The van der Waals surface area contributed by atoms with Gasteiger partial charge < -0.3 is 10.5 Å².